The highest BCUT2D eigenvalue weighted by atomic mass is 32.1. The van der Waals surface area contributed by atoms with Gasteiger partial charge in [-0.2, -0.15) is 0 Å². The maximum atomic E-state index is 13.0. The molecule has 5 nitrogen and oxygen atoms in total. The average Bonchev–Trinajstić information content (AvgIpc) is 3.42. The van der Waals surface area contributed by atoms with E-state index >= 15 is 0 Å². The first-order valence-electron chi connectivity index (χ1n) is 9.37. The van der Waals surface area contributed by atoms with Crippen LogP contribution in [0.2, 0.25) is 0 Å². The van der Waals surface area contributed by atoms with Gasteiger partial charge in [0.15, 0.2) is 0 Å². The molecule has 26 heavy (non-hydrogen) atoms. The molecule has 1 aromatic carbocycles. The summed E-state index contributed by atoms with van der Waals surface area (Å²) >= 11 is 1.57. The molecule has 0 spiro atoms. The molecule has 1 N–H and O–H groups in total. The first-order valence-corrected chi connectivity index (χ1v) is 10.2. The number of piperazine rings is 1. The van der Waals surface area contributed by atoms with Crippen LogP contribution in [-0.4, -0.2) is 59.9 Å². The quantitative estimate of drug-likeness (QED) is 0.899. The molecule has 2 heterocycles. The maximum absolute atomic E-state index is 13.0. The number of thiophene rings is 1. The first kappa shape index (κ1) is 17.5. The van der Waals surface area contributed by atoms with E-state index in [1.54, 1.807) is 11.3 Å². The molecule has 4 rings (SSSR count). The van der Waals surface area contributed by atoms with Crippen LogP contribution in [0, 0.1) is 6.92 Å². The molecule has 1 atom stereocenters. The molecule has 1 saturated carbocycles. The minimum absolute atomic E-state index is 0.0972. The van der Waals surface area contributed by atoms with Crippen molar-refractivity contribution in [3.8, 4) is 0 Å². The standard InChI is InChI=1S/C20H25N3O2S/c1-13-16-5-3-4-6-17(16)26-18(13)20(25)23-11-9-22(10-12-23)19(24)14(2)21-15-7-8-15/h3-6,14-15,21H,7-12H2,1-2H3. The van der Waals surface area contributed by atoms with Crippen molar-refractivity contribution in [3.63, 3.8) is 0 Å². The Morgan fingerprint density at radius 1 is 1.12 bits per heavy atom. The van der Waals surface area contributed by atoms with Crippen LogP contribution in [0.4, 0.5) is 0 Å². The van der Waals surface area contributed by atoms with E-state index in [0.29, 0.717) is 32.2 Å². The topological polar surface area (TPSA) is 52.7 Å². The van der Waals surface area contributed by atoms with Gasteiger partial charge >= 0.3 is 0 Å². The molecule has 2 aliphatic rings. The molecule has 6 heteroatoms. The normalized spacial score (nSPS) is 19.0. The van der Waals surface area contributed by atoms with Crippen molar-refractivity contribution >= 4 is 33.2 Å². The third kappa shape index (κ3) is 3.35. The molecular weight excluding hydrogens is 346 g/mol. The number of rotatable bonds is 4. The lowest BCUT2D eigenvalue weighted by Gasteiger charge is -2.36. The first-order chi connectivity index (χ1) is 12.5. The summed E-state index contributed by atoms with van der Waals surface area (Å²) in [4.78, 5) is 30.1. The Hall–Kier alpha value is -1.92. The van der Waals surface area contributed by atoms with E-state index in [0.717, 1.165) is 20.5 Å². The molecule has 0 bridgehead atoms. The van der Waals surface area contributed by atoms with Crippen molar-refractivity contribution in [3.05, 3.63) is 34.7 Å². The molecule has 0 radical (unpaired) electrons. The largest absolute Gasteiger partial charge is 0.338 e. The van der Waals surface area contributed by atoms with Gasteiger partial charge in [0.2, 0.25) is 5.91 Å². The predicted octanol–water partition coefficient (Wildman–Crippen LogP) is 2.63. The van der Waals surface area contributed by atoms with Gasteiger partial charge < -0.3 is 15.1 Å². The van der Waals surface area contributed by atoms with Crippen LogP contribution in [0.3, 0.4) is 0 Å². The molecule has 1 aromatic heterocycles. The molecule has 2 aromatic rings. The van der Waals surface area contributed by atoms with Crippen LogP contribution in [0.15, 0.2) is 24.3 Å². The number of fused-ring (bicyclic) bond motifs is 1. The van der Waals surface area contributed by atoms with Crippen LogP contribution in [0.1, 0.15) is 35.0 Å². The SMILES string of the molecule is Cc1c(C(=O)N2CCN(C(=O)C(C)NC3CC3)CC2)sc2ccccc12. The summed E-state index contributed by atoms with van der Waals surface area (Å²) in [5.41, 5.74) is 1.07. The fourth-order valence-corrected chi connectivity index (χ4v) is 4.78. The van der Waals surface area contributed by atoms with E-state index in [9.17, 15) is 9.59 Å². The van der Waals surface area contributed by atoms with E-state index < -0.39 is 0 Å². The molecule has 1 aliphatic carbocycles. The number of hydrogen-bond donors (Lipinski definition) is 1. The van der Waals surface area contributed by atoms with Crippen LogP contribution >= 0.6 is 11.3 Å². The summed E-state index contributed by atoms with van der Waals surface area (Å²) in [6.45, 7) is 6.41. The summed E-state index contributed by atoms with van der Waals surface area (Å²) < 4.78 is 1.15. The number of nitrogens with one attached hydrogen (secondary N) is 1. The van der Waals surface area contributed by atoms with Gasteiger partial charge in [0.05, 0.1) is 10.9 Å². The number of benzene rings is 1. The lowest BCUT2D eigenvalue weighted by Crippen LogP contribution is -2.54. The van der Waals surface area contributed by atoms with Crippen LogP contribution in [-0.2, 0) is 4.79 Å². The zero-order valence-corrected chi connectivity index (χ0v) is 16.1. The van der Waals surface area contributed by atoms with Gasteiger partial charge in [-0.3, -0.25) is 9.59 Å². The second-order valence-electron chi connectivity index (χ2n) is 7.33. The summed E-state index contributed by atoms with van der Waals surface area (Å²) in [6, 6.07) is 8.55. The Morgan fingerprint density at radius 2 is 1.77 bits per heavy atom. The smallest absolute Gasteiger partial charge is 0.264 e. The predicted molar refractivity (Wildman–Crippen MR) is 105 cm³/mol. The van der Waals surface area contributed by atoms with Crippen molar-refractivity contribution < 1.29 is 9.59 Å². The molecule has 1 unspecified atom stereocenters. The number of nitrogens with zero attached hydrogens (tertiary/aromatic N) is 2. The van der Waals surface area contributed by atoms with Crippen molar-refractivity contribution in [2.24, 2.45) is 0 Å². The third-order valence-electron chi connectivity index (χ3n) is 5.35. The number of hydrogen-bond acceptors (Lipinski definition) is 4. The average molecular weight is 372 g/mol. The van der Waals surface area contributed by atoms with Gasteiger partial charge in [0.25, 0.3) is 5.91 Å². The van der Waals surface area contributed by atoms with Crippen LogP contribution < -0.4 is 5.32 Å². The molecule has 2 fully saturated rings. The highest BCUT2D eigenvalue weighted by molar-refractivity contribution is 7.21. The molecule has 2 amide bonds. The summed E-state index contributed by atoms with van der Waals surface area (Å²) in [5.74, 6) is 0.252. The Balaban J connectivity index is 1.39. The monoisotopic (exact) mass is 371 g/mol. The maximum Gasteiger partial charge on any atom is 0.264 e. The van der Waals surface area contributed by atoms with Crippen molar-refractivity contribution in [2.45, 2.75) is 38.8 Å². The summed E-state index contributed by atoms with van der Waals surface area (Å²) in [6.07, 6.45) is 2.35. The van der Waals surface area contributed by atoms with Crippen molar-refractivity contribution in [1.29, 1.82) is 0 Å². The zero-order chi connectivity index (χ0) is 18.3. The Labute approximate surface area is 158 Å². The highest BCUT2D eigenvalue weighted by Gasteiger charge is 2.31. The Morgan fingerprint density at radius 3 is 2.42 bits per heavy atom. The second kappa shape index (κ2) is 7.00. The lowest BCUT2D eigenvalue weighted by molar-refractivity contribution is -0.134. The summed E-state index contributed by atoms with van der Waals surface area (Å²) in [5, 5.41) is 4.52. The summed E-state index contributed by atoms with van der Waals surface area (Å²) in [7, 11) is 0. The minimum Gasteiger partial charge on any atom is -0.338 e. The van der Waals surface area contributed by atoms with E-state index in [1.807, 2.05) is 35.8 Å². The molecular formula is C20H25N3O2S. The van der Waals surface area contributed by atoms with E-state index in [2.05, 4.69) is 17.4 Å². The van der Waals surface area contributed by atoms with Crippen LogP contribution in [0.25, 0.3) is 10.1 Å². The minimum atomic E-state index is -0.130. The lowest BCUT2D eigenvalue weighted by atomic mass is 10.1. The molecule has 138 valence electrons. The number of carbonyl (C=O) groups excluding carboxylic acids is 2. The number of aryl methyl sites for hydroxylation is 1. The van der Waals surface area contributed by atoms with Crippen LogP contribution in [0.5, 0.6) is 0 Å². The van der Waals surface area contributed by atoms with Gasteiger partial charge in [-0.05, 0) is 43.7 Å². The fraction of sp³-hybridized carbons (Fsp3) is 0.500. The fourth-order valence-electron chi connectivity index (χ4n) is 3.60. The number of amides is 2. The van der Waals surface area contributed by atoms with Gasteiger partial charge in [-0.25, -0.2) is 0 Å². The van der Waals surface area contributed by atoms with E-state index in [1.165, 1.54) is 12.8 Å². The highest BCUT2D eigenvalue weighted by Crippen LogP contribution is 2.31. The van der Waals surface area contributed by atoms with E-state index in [-0.39, 0.29) is 17.9 Å². The second-order valence-corrected chi connectivity index (χ2v) is 8.38. The molecule has 1 aliphatic heterocycles. The molecule has 1 saturated heterocycles. The van der Waals surface area contributed by atoms with Gasteiger partial charge in [0.1, 0.15) is 0 Å². The third-order valence-corrected chi connectivity index (χ3v) is 6.61. The van der Waals surface area contributed by atoms with Gasteiger partial charge in [-0.15, -0.1) is 11.3 Å². The van der Waals surface area contributed by atoms with Gasteiger partial charge in [0, 0.05) is 36.9 Å². The van der Waals surface area contributed by atoms with Gasteiger partial charge in [-0.1, -0.05) is 18.2 Å². The van der Waals surface area contributed by atoms with Crippen molar-refractivity contribution in [2.75, 3.05) is 26.2 Å². The Kier molecular flexibility index (Phi) is 4.71. The van der Waals surface area contributed by atoms with E-state index in [4.69, 9.17) is 0 Å². The Bertz CT molecular complexity index is 835. The van der Waals surface area contributed by atoms with Crippen molar-refractivity contribution in [1.82, 2.24) is 15.1 Å². The zero-order valence-electron chi connectivity index (χ0n) is 15.3. The number of carbonyl (C=O) groups is 2.